The Morgan fingerprint density at radius 2 is 1.97 bits per heavy atom. The van der Waals surface area contributed by atoms with Crippen LogP contribution in [0, 0.1) is 17.8 Å². The average Bonchev–Trinajstić information content (AvgIpc) is 3.22. The van der Waals surface area contributed by atoms with Crippen LogP contribution in [0.2, 0.25) is 0 Å². The number of nitrogens with zero attached hydrogens (tertiary/aromatic N) is 3. The van der Waals surface area contributed by atoms with Crippen LogP contribution in [-0.2, 0) is 31.6 Å². The van der Waals surface area contributed by atoms with Gasteiger partial charge in [0.15, 0.2) is 17.4 Å². The number of alkyl halides is 1. The van der Waals surface area contributed by atoms with Crippen molar-refractivity contribution < 1.29 is 60.6 Å². The number of H-pyrrole nitrogens is 1. The fourth-order valence-electron chi connectivity index (χ4n) is 3.25. The van der Waals surface area contributed by atoms with Crippen molar-refractivity contribution in [2.45, 2.75) is 18.2 Å². The van der Waals surface area contributed by atoms with E-state index >= 15 is 4.39 Å². The number of anilines is 1. The zero-order valence-electron chi connectivity index (χ0n) is 17.4. The van der Waals surface area contributed by atoms with Gasteiger partial charge in [-0.15, -0.1) is 13.0 Å². The molecule has 3 heterocycles. The quantitative estimate of drug-likeness (QED) is 0.112. The minimum Gasteiger partial charge on any atom is -0.385 e. The summed E-state index contributed by atoms with van der Waals surface area (Å²) in [5, 5.41) is 10.7. The van der Waals surface area contributed by atoms with Crippen molar-refractivity contribution >= 4 is 40.6 Å². The molecule has 8 N–H and O–H groups in total. The number of rotatable bonds is 9. The summed E-state index contributed by atoms with van der Waals surface area (Å²) in [4.78, 5) is 57.8. The second kappa shape index (κ2) is 9.23. The summed E-state index contributed by atoms with van der Waals surface area (Å²) in [5.74, 6) is -1.73. The van der Waals surface area contributed by atoms with Gasteiger partial charge in [-0.1, -0.05) is 12.0 Å². The number of phosphoric acid groups is 3. The van der Waals surface area contributed by atoms with Gasteiger partial charge in [0.05, 0.1) is 6.33 Å². The molecule has 0 amide bonds. The van der Waals surface area contributed by atoms with Gasteiger partial charge in [-0.3, -0.25) is 18.9 Å². The van der Waals surface area contributed by atoms with Gasteiger partial charge in [-0.2, -0.15) is 13.6 Å². The molecule has 36 heavy (non-hydrogen) atoms. The van der Waals surface area contributed by atoms with E-state index in [2.05, 4.69) is 40.6 Å². The van der Waals surface area contributed by atoms with Gasteiger partial charge in [-0.25, -0.2) is 23.1 Å². The molecule has 22 heteroatoms. The van der Waals surface area contributed by atoms with Gasteiger partial charge in [0.2, 0.25) is 5.95 Å². The van der Waals surface area contributed by atoms with E-state index < -0.39 is 59.2 Å². The van der Waals surface area contributed by atoms with Crippen LogP contribution in [0.1, 0.15) is 6.23 Å². The van der Waals surface area contributed by atoms with Gasteiger partial charge in [-0.05, 0) is 0 Å². The van der Waals surface area contributed by atoms with Crippen LogP contribution in [0.25, 0.3) is 11.2 Å². The predicted molar refractivity (Wildman–Crippen MR) is 114 cm³/mol. The number of imidazole rings is 1. The SMILES string of the molecule is C#C[C@]1(C=C)[C@H](n2cnc3c(=O)[nH]c(N)nc32)O[C@](F)(COP(=O)(O)OP(=O)(O)OP(=O)(O)O)[C@H]1O. The van der Waals surface area contributed by atoms with Crippen molar-refractivity contribution in [1.29, 1.82) is 0 Å². The number of ether oxygens (including phenoxy) is 1. The molecule has 1 fully saturated rings. The second-order valence-electron chi connectivity index (χ2n) is 7.08. The molecule has 3 rings (SSSR count). The van der Waals surface area contributed by atoms with Gasteiger partial charge >= 0.3 is 23.5 Å². The number of terminal acetylenes is 1. The van der Waals surface area contributed by atoms with Crippen LogP contribution >= 0.6 is 23.5 Å². The summed E-state index contributed by atoms with van der Waals surface area (Å²) in [6.07, 6.45) is 3.20. The first-order chi connectivity index (χ1) is 16.4. The third-order valence-electron chi connectivity index (χ3n) is 4.71. The van der Waals surface area contributed by atoms with Crippen LogP contribution < -0.4 is 11.3 Å². The number of fused-ring (bicyclic) bond motifs is 1. The van der Waals surface area contributed by atoms with E-state index in [9.17, 15) is 33.4 Å². The number of nitrogens with two attached hydrogens (primary N) is 1. The van der Waals surface area contributed by atoms with E-state index in [4.69, 9.17) is 26.7 Å². The highest BCUT2D eigenvalue weighted by Gasteiger charge is 2.65. The molecule has 2 aromatic rings. The Balaban J connectivity index is 1.94. The van der Waals surface area contributed by atoms with Crippen LogP contribution in [0.4, 0.5) is 10.3 Å². The van der Waals surface area contributed by atoms with Crippen molar-refractivity contribution in [2.75, 3.05) is 12.3 Å². The Labute approximate surface area is 199 Å². The maximum Gasteiger partial charge on any atom is 0.490 e. The number of hydrogen-bond acceptors (Lipinski definition) is 12. The Hall–Kier alpha value is -2.29. The zero-order valence-corrected chi connectivity index (χ0v) is 20.1. The topological polar surface area (TPSA) is 279 Å². The fraction of sp³-hybridized carbons (Fsp3) is 0.357. The molecule has 0 bridgehead atoms. The highest BCUT2D eigenvalue weighted by Crippen LogP contribution is 2.66. The van der Waals surface area contributed by atoms with Crippen molar-refractivity contribution in [3.8, 4) is 12.3 Å². The number of hydrogen-bond donors (Lipinski definition) is 7. The number of aliphatic hydroxyl groups is 1. The molecule has 1 aliphatic rings. The highest BCUT2D eigenvalue weighted by atomic mass is 31.3. The summed E-state index contributed by atoms with van der Waals surface area (Å²) in [6, 6.07) is 0. The first-order valence-electron chi connectivity index (χ1n) is 9.05. The Morgan fingerprint density at radius 1 is 1.33 bits per heavy atom. The lowest BCUT2D eigenvalue weighted by molar-refractivity contribution is -0.203. The average molecular weight is 575 g/mol. The molecule has 2 unspecified atom stereocenters. The first kappa shape index (κ1) is 28.3. The van der Waals surface area contributed by atoms with E-state index in [1.165, 1.54) is 0 Å². The third-order valence-corrected chi connectivity index (χ3v) is 8.49. The van der Waals surface area contributed by atoms with Crippen LogP contribution in [0.15, 0.2) is 23.8 Å². The Kier molecular flexibility index (Phi) is 7.25. The molecule has 0 aliphatic carbocycles. The van der Waals surface area contributed by atoms with Crippen LogP contribution in [0.5, 0.6) is 0 Å². The fourth-order valence-corrected chi connectivity index (χ4v) is 6.28. The maximum absolute atomic E-state index is 15.7. The van der Waals surface area contributed by atoms with Crippen molar-refractivity contribution in [3.05, 3.63) is 29.3 Å². The molecule has 0 saturated carbocycles. The minimum atomic E-state index is -5.90. The van der Waals surface area contributed by atoms with Gasteiger partial charge in [0.1, 0.15) is 18.1 Å². The number of phosphoric ester groups is 1. The van der Waals surface area contributed by atoms with Gasteiger partial charge < -0.3 is 35.2 Å². The first-order valence-corrected chi connectivity index (χ1v) is 13.6. The maximum atomic E-state index is 15.7. The molecule has 0 aromatic carbocycles. The molecule has 0 radical (unpaired) electrons. The van der Waals surface area contributed by atoms with E-state index in [0.29, 0.717) is 0 Å². The monoisotopic (exact) mass is 575 g/mol. The molecular weight excluding hydrogens is 558 g/mol. The standard InChI is InChI=1S/C14H17FN5O13P3/c1-3-13(4-2)10(22)14(15,5-30-35(26,27)33-36(28,29)32-34(23,24)25)31-11(13)20-6-17-7-8(20)18-12(16)19-9(7)21/h1,4,6,10-11,22H,2,5H2,(H,26,27)(H,28,29)(H2,23,24,25)(H3,16,18,19,21)/t10-,11+,13+,14+/m0/s1. The molecule has 18 nitrogen and oxygen atoms in total. The largest absolute Gasteiger partial charge is 0.490 e. The highest BCUT2D eigenvalue weighted by molar-refractivity contribution is 7.66. The van der Waals surface area contributed by atoms with Gasteiger partial charge in [0, 0.05) is 0 Å². The number of aliphatic hydroxyl groups excluding tert-OH is 1. The Bertz CT molecular complexity index is 1450. The molecule has 1 aliphatic heterocycles. The Morgan fingerprint density at radius 3 is 2.53 bits per heavy atom. The summed E-state index contributed by atoms with van der Waals surface area (Å²) in [6.45, 7) is 1.74. The lowest BCUT2D eigenvalue weighted by Crippen LogP contribution is -2.45. The number of halogens is 1. The smallest absolute Gasteiger partial charge is 0.385 e. The van der Waals surface area contributed by atoms with Crippen molar-refractivity contribution in [1.82, 2.24) is 19.5 Å². The zero-order chi connectivity index (χ0) is 27.3. The lowest BCUT2D eigenvalue weighted by Gasteiger charge is -2.29. The van der Waals surface area contributed by atoms with E-state index in [1.807, 2.05) is 0 Å². The van der Waals surface area contributed by atoms with Gasteiger partial charge in [0.25, 0.3) is 11.4 Å². The number of aromatic nitrogens is 4. The molecule has 0 spiro atoms. The van der Waals surface area contributed by atoms with E-state index in [1.54, 1.807) is 0 Å². The minimum absolute atomic E-state index is 0.257. The van der Waals surface area contributed by atoms with E-state index in [0.717, 1.165) is 17.0 Å². The normalized spacial score (nSPS) is 29.9. The van der Waals surface area contributed by atoms with Crippen LogP contribution in [-0.4, -0.2) is 62.8 Å². The summed E-state index contributed by atoms with van der Waals surface area (Å²) in [5.41, 5.74) is 2.06. The molecule has 6 atom stereocenters. The molecule has 1 saturated heterocycles. The van der Waals surface area contributed by atoms with Crippen molar-refractivity contribution in [3.63, 3.8) is 0 Å². The number of aromatic amines is 1. The van der Waals surface area contributed by atoms with E-state index in [-0.39, 0.29) is 17.1 Å². The summed E-state index contributed by atoms with van der Waals surface area (Å²) < 4.78 is 67.3. The molecular formula is C14H17FN5O13P3. The second-order valence-corrected chi connectivity index (χ2v) is 11.5. The predicted octanol–water partition coefficient (Wildman–Crippen LogP) is -0.594. The summed E-state index contributed by atoms with van der Waals surface area (Å²) in [7, 11) is -17.4. The lowest BCUT2D eigenvalue weighted by atomic mass is 9.80. The third kappa shape index (κ3) is 5.36. The summed E-state index contributed by atoms with van der Waals surface area (Å²) >= 11 is 0. The number of nitrogen functional groups attached to an aromatic ring is 1. The van der Waals surface area contributed by atoms with Crippen LogP contribution in [0.3, 0.4) is 0 Å². The van der Waals surface area contributed by atoms with Crippen molar-refractivity contribution in [2.24, 2.45) is 5.41 Å². The molecule has 198 valence electrons. The molecule has 2 aromatic heterocycles. The number of nitrogens with one attached hydrogen (secondary N) is 1.